The zero-order valence-electron chi connectivity index (χ0n) is 10.1. The van der Waals surface area contributed by atoms with E-state index in [4.69, 9.17) is 16.3 Å². The molecule has 0 radical (unpaired) electrons. The molecule has 0 aliphatic rings. The van der Waals surface area contributed by atoms with Crippen LogP contribution in [0.2, 0.25) is 5.02 Å². The summed E-state index contributed by atoms with van der Waals surface area (Å²) in [6, 6.07) is 8.82. The maximum absolute atomic E-state index is 11.9. The fraction of sp³-hybridized carbons (Fsp3) is 0.0714. The van der Waals surface area contributed by atoms with Crippen LogP contribution in [0.3, 0.4) is 0 Å². The van der Waals surface area contributed by atoms with Crippen LogP contribution in [0, 0.1) is 0 Å². The van der Waals surface area contributed by atoms with Crippen molar-refractivity contribution in [1.29, 1.82) is 0 Å². The third-order valence-corrected chi connectivity index (χ3v) is 3.40. The minimum Gasteiger partial charge on any atom is -0.504 e. The standard InChI is InChI=1S/C14H10BrClO4/c15-10-6-9(16)2-4-14(10)20-7-13(19)8-1-3-11(17)12(18)5-8/h1-6,17-18H,7H2. The maximum Gasteiger partial charge on any atom is 0.200 e. The van der Waals surface area contributed by atoms with Crippen LogP contribution in [0.4, 0.5) is 0 Å². The van der Waals surface area contributed by atoms with Crippen molar-refractivity contribution < 1.29 is 19.7 Å². The van der Waals surface area contributed by atoms with E-state index in [0.29, 0.717) is 15.2 Å². The van der Waals surface area contributed by atoms with Crippen LogP contribution in [0.25, 0.3) is 0 Å². The van der Waals surface area contributed by atoms with Gasteiger partial charge in [-0.2, -0.15) is 0 Å². The van der Waals surface area contributed by atoms with Crippen LogP contribution in [-0.2, 0) is 0 Å². The molecule has 0 bridgehead atoms. The summed E-state index contributed by atoms with van der Waals surface area (Å²) in [6.45, 7) is -0.190. The van der Waals surface area contributed by atoms with Crippen LogP contribution < -0.4 is 4.74 Å². The van der Waals surface area contributed by atoms with Gasteiger partial charge < -0.3 is 14.9 Å². The zero-order valence-corrected chi connectivity index (χ0v) is 12.5. The fourth-order valence-electron chi connectivity index (χ4n) is 1.52. The van der Waals surface area contributed by atoms with Gasteiger partial charge in [-0.1, -0.05) is 11.6 Å². The number of hydrogen-bond acceptors (Lipinski definition) is 4. The van der Waals surface area contributed by atoms with Crippen molar-refractivity contribution in [1.82, 2.24) is 0 Å². The van der Waals surface area contributed by atoms with E-state index in [2.05, 4.69) is 15.9 Å². The number of Topliss-reactive ketones (excluding diaryl/α,β-unsaturated/α-hetero) is 1. The van der Waals surface area contributed by atoms with E-state index < -0.39 is 0 Å². The molecule has 4 nitrogen and oxygen atoms in total. The molecule has 20 heavy (non-hydrogen) atoms. The minimum atomic E-state index is -0.344. The van der Waals surface area contributed by atoms with Crippen LogP contribution in [-0.4, -0.2) is 22.6 Å². The van der Waals surface area contributed by atoms with E-state index in [-0.39, 0.29) is 29.5 Å². The molecule has 0 fully saturated rings. The number of phenolic OH excluding ortho intramolecular Hbond substituents is 2. The van der Waals surface area contributed by atoms with E-state index in [9.17, 15) is 15.0 Å². The second kappa shape index (κ2) is 6.15. The topological polar surface area (TPSA) is 66.8 Å². The number of phenols is 2. The second-order valence-electron chi connectivity index (χ2n) is 3.99. The summed E-state index contributed by atoms with van der Waals surface area (Å²) in [4.78, 5) is 11.9. The fourth-order valence-corrected chi connectivity index (χ4v) is 2.31. The Morgan fingerprint density at radius 1 is 1.15 bits per heavy atom. The number of halogens is 2. The zero-order chi connectivity index (χ0) is 14.7. The highest BCUT2D eigenvalue weighted by molar-refractivity contribution is 9.10. The Kier molecular flexibility index (Phi) is 4.52. The molecule has 2 aromatic carbocycles. The molecule has 0 atom stereocenters. The average molecular weight is 358 g/mol. The van der Waals surface area contributed by atoms with Crippen LogP contribution in [0.15, 0.2) is 40.9 Å². The highest BCUT2D eigenvalue weighted by atomic mass is 79.9. The number of benzene rings is 2. The molecular formula is C14H10BrClO4. The van der Waals surface area contributed by atoms with Gasteiger partial charge in [0.1, 0.15) is 5.75 Å². The van der Waals surface area contributed by atoms with Gasteiger partial charge in [0.2, 0.25) is 0 Å². The van der Waals surface area contributed by atoms with Gasteiger partial charge in [-0.05, 0) is 52.3 Å². The molecule has 0 saturated carbocycles. The summed E-state index contributed by atoms with van der Waals surface area (Å²) in [5.41, 5.74) is 0.255. The SMILES string of the molecule is O=C(COc1ccc(Cl)cc1Br)c1ccc(O)c(O)c1. The number of hydrogen-bond donors (Lipinski definition) is 2. The Balaban J connectivity index is 2.06. The van der Waals surface area contributed by atoms with Gasteiger partial charge >= 0.3 is 0 Å². The van der Waals surface area contributed by atoms with Crippen LogP contribution in [0.1, 0.15) is 10.4 Å². The van der Waals surface area contributed by atoms with Crippen LogP contribution in [0.5, 0.6) is 17.2 Å². The van der Waals surface area contributed by atoms with Crippen LogP contribution >= 0.6 is 27.5 Å². The summed E-state index contributed by atoms with van der Waals surface area (Å²) in [7, 11) is 0. The van der Waals surface area contributed by atoms with Crippen molar-refractivity contribution >= 4 is 33.3 Å². The minimum absolute atomic E-state index is 0.190. The van der Waals surface area contributed by atoms with E-state index in [0.717, 1.165) is 0 Å². The highest BCUT2D eigenvalue weighted by Crippen LogP contribution is 2.28. The molecule has 0 heterocycles. The van der Waals surface area contributed by atoms with Crippen molar-refractivity contribution in [2.24, 2.45) is 0 Å². The Morgan fingerprint density at radius 3 is 2.55 bits per heavy atom. The lowest BCUT2D eigenvalue weighted by Gasteiger charge is -2.08. The van der Waals surface area contributed by atoms with Gasteiger partial charge in [-0.25, -0.2) is 0 Å². The van der Waals surface area contributed by atoms with E-state index in [1.807, 2.05) is 0 Å². The van der Waals surface area contributed by atoms with Crippen molar-refractivity contribution in [3.05, 3.63) is 51.5 Å². The summed E-state index contributed by atoms with van der Waals surface area (Å²) in [5.74, 6) is -0.445. The molecule has 2 N–H and O–H groups in total. The van der Waals surface area contributed by atoms with Gasteiger partial charge in [0.15, 0.2) is 23.9 Å². The molecule has 2 aromatic rings. The summed E-state index contributed by atoms with van der Waals surface area (Å²) >= 11 is 9.08. The molecule has 0 aliphatic heterocycles. The van der Waals surface area contributed by atoms with Crippen molar-refractivity contribution in [2.45, 2.75) is 0 Å². The van der Waals surface area contributed by atoms with Gasteiger partial charge in [-0.15, -0.1) is 0 Å². The van der Waals surface area contributed by atoms with E-state index in [1.54, 1.807) is 18.2 Å². The smallest absolute Gasteiger partial charge is 0.200 e. The Hall–Kier alpha value is -1.72. The third kappa shape index (κ3) is 3.43. The molecule has 6 heteroatoms. The van der Waals surface area contributed by atoms with Gasteiger partial charge in [0.25, 0.3) is 0 Å². The van der Waals surface area contributed by atoms with Crippen molar-refractivity contribution in [3.63, 3.8) is 0 Å². The number of ketones is 1. The second-order valence-corrected chi connectivity index (χ2v) is 5.28. The molecule has 0 unspecified atom stereocenters. The van der Waals surface area contributed by atoms with Gasteiger partial charge in [0, 0.05) is 10.6 Å². The summed E-state index contributed by atoms with van der Waals surface area (Å²) in [5, 5.41) is 19.1. The number of ether oxygens (including phenoxy) is 1. The molecule has 104 valence electrons. The predicted octanol–water partition coefficient (Wildman–Crippen LogP) is 3.78. The lowest BCUT2D eigenvalue weighted by atomic mass is 10.1. The molecule has 2 rings (SSSR count). The first-order chi connectivity index (χ1) is 9.47. The first-order valence-corrected chi connectivity index (χ1v) is 6.77. The molecule has 0 spiro atoms. The lowest BCUT2D eigenvalue weighted by molar-refractivity contribution is 0.0920. The number of rotatable bonds is 4. The average Bonchev–Trinajstić information content (AvgIpc) is 2.40. The van der Waals surface area contributed by atoms with Gasteiger partial charge in [-0.3, -0.25) is 4.79 Å². The first-order valence-electron chi connectivity index (χ1n) is 5.60. The monoisotopic (exact) mass is 356 g/mol. The van der Waals surface area contributed by atoms with Crippen molar-refractivity contribution in [3.8, 4) is 17.2 Å². The number of carbonyl (C=O) groups is 1. The predicted molar refractivity (Wildman–Crippen MR) is 78.7 cm³/mol. The van der Waals surface area contributed by atoms with Gasteiger partial charge in [0.05, 0.1) is 4.47 Å². The lowest BCUT2D eigenvalue weighted by Crippen LogP contribution is -2.11. The molecule has 0 saturated heterocycles. The first kappa shape index (κ1) is 14.7. The Bertz CT molecular complexity index is 658. The Morgan fingerprint density at radius 2 is 1.90 bits per heavy atom. The normalized spacial score (nSPS) is 10.3. The molecule has 0 aliphatic carbocycles. The number of aromatic hydroxyl groups is 2. The Labute approximate surface area is 128 Å². The molecule has 0 amide bonds. The molecular weight excluding hydrogens is 348 g/mol. The third-order valence-electron chi connectivity index (χ3n) is 2.55. The van der Waals surface area contributed by atoms with Crippen molar-refractivity contribution in [2.75, 3.05) is 6.61 Å². The number of carbonyl (C=O) groups excluding carboxylic acids is 1. The maximum atomic E-state index is 11.9. The largest absolute Gasteiger partial charge is 0.504 e. The van der Waals surface area contributed by atoms with E-state index >= 15 is 0 Å². The van der Waals surface area contributed by atoms with E-state index in [1.165, 1.54) is 18.2 Å². The summed E-state index contributed by atoms with van der Waals surface area (Å²) < 4.78 is 6.02. The quantitative estimate of drug-likeness (QED) is 0.645. The summed E-state index contributed by atoms with van der Waals surface area (Å²) in [6.07, 6.45) is 0. The molecule has 0 aromatic heterocycles. The highest BCUT2D eigenvalue weighted by Gasteiger charge is 2.11.